The van der Waals surface area contributed by atoms with Crippen molar-refractivity contribution >= 4 is 39.3 Å². The first kappa shape index (κ1) is 18.5. The summed E-state index contributed by atoms with van der Waals surface area (Å²) in [5, 5.41) is 5.32. The van der Waals surface area contributed by atoms with Crippen molar-refractivity contribution in [1.82, 2.24) is 9.88 Å². The van der Waals surface area contributed by atoms with Crippen LogP contribution in [0.5, 0.6) is 0 Å². The molecule has 0 spiro atoms. The van der Waals surface area contributed by atoms with E-state index < -0.39 is 0 Å². The minimum atomic E-state index is -0.325. The minimum Gasteiger partial charge on any atom is -0.383 e. The lowest BCUT2D eigenvalue weighted by molar-refractivity contribution is -0.128. The van der Waals surface area contributed by atoms with Gasteiger partial charge in [0.05, 0.1) is 12.5 Å². The number of aromatic nitrogens is 1. The number of nitrogens with zero attached hydrogens (tertiary/aromatic N) is 1. The monoisotopic (exact) mass is 379 g/mol. The van der Waals surface area contributed by atoms with Crippen molar-refractivity contribution in [3.05, 3.63) is 42.0 Å². The number of hydrogen-bond acceptors (Lipinski definition) is 3. The maximum atomic E-state index is 12.7. The fourth-order valence-corrected chi connectivity index (χ4v) is 3.97. The van der Waals surface area contributed by atoms with Gasteiger partial charge in [0.2, 0.25) is 11.8 Å². The first-order chi connectivity index (χ1) is 13.6. The van der Waals surface area contributed by atoms with Gasteiger partial charge < -0.3 is 19.9 Å². The van der Waals surface area contributed by atoms with Gasteiger partial charge in [-0.15, -0.1) is 0 Å². The molecule has 1 saturated heterocycles. The topological polar surface area (TPSA) is 74.4 Å². The Morgan fingerprint density at radius 1 is 1.29 bits per heavy atom. The molecule has 6 heteroatoms. The Morgan fingerprint density at radius 2 is 2.14 bits per heavy atom. The Morgan fingerprint density at radius 3 is 2.93 bits per heavy atom. The van der Waals surface area contributed by atoms with Crippen molar-refractivity contribution in [2.24, 2.45) is 5.92 Å². The summed E-state index contributed by atoms with van der Waals surface area (Å²) in [7, 11) is 1.61. The van der Waals surface area contributed by atoms with E-state index in [9.17, 15) is 9.59 Å². The first-order valence-electron chi connectivity index (χ1n) is 9.71. The molecule has 4 rings (SSSR count). The van der Waals surface area contributed by atoms with E-state index in [1.165, 1.54) is 10.9 Å². The fraction of sp³-hybridized carbons (Fsp3) is 0.364. The number of hydrogen-bond donors (Lipinski definition) is 2. The third-order valence-corrected chi connectivity index (χ3v) is 5.52. The van der Waals surface area contributed by atoms with Crippen molar-refractivity contribution in [2.75, 3.05) is 32.1 Å². The number of carbonyl (C=O) groups excluding carboxylic acids is 2. The average molecular weight is 379 g/mol. The van der Waals surface area contributed by atoms with Gasteiger partial charge >= 0.3 is 0 Å². The van der Waals surface area contributed by atoms with Crippen LogP contribution in [0.25, 0.3) is 21.8 Å². The highest BCUT2D eigenvalue weighted by molar-refractivity contribution is 6.09. The largest absolute Gasteiger partial charge is 0.383 e. The van der Waals surface area contributed by atoms with E-state index in [1.807, 2.05) is 18.2 Å². The van der Waals surface area contributed by atoms with E-state index in [0.717, 1.165) is 28.5 Å². The van der Waals surface area contributed by atoms with Crippen LogP contribution in [0, 0.1) is 5.92 Å². The number of fused-ring (bicyclic) bond motifs is 3. The summed E-state index contributed by atoms with van der Waals surface area (Å²) >= 11 is 0. The van der Waals surface area contributed by atoms with Crippen molar-refractivity contribution in [3.63, 3.8) is 0 Å². The molecule has 0 bridgehead atoms. The molecule has 2 aromatic carbocycles. The van der Waals surface area contributed by atoms with E-state index >= 15 is 0 Å². The molecule has 1 atom stereocenters. The van der Waals surface area contributed by atoms with Gasteiger partial charge in [-0.25, -0.2) is 0 Å². The standard InChI is InChI=1S/C22H25N3O3/c1-3-14-5-4-6-18-17-8-7-16(12-19(17)24-21(14)18)23-22(27)15-11-20(26)25(13-15)9-10-28-2/h4-8,12,15,24H,3,9-11,13H2,1-2H3,(H,23,27). The van der Waals surface area contributed by atoms with Crippen LogP contribution in [0.4, 0.5) is 5.69 Å². The lowest BCUT2D eigenvalue weighted by atomic mass is 10.1. The Labute approximate surface area is 163 Å². The van der Waals surface area contributed by atoms with E-state index in [1.54, 1.807) is 12.0 Å². The molecule has 3 aromatic rings. The van der Waals surface area contributed by atoms with Crippen LogP contribution in [-0.4, -0.2) is 48.5 Å². The van der Waals surface area contributed by atoms with Crippen LogP contribution >= 0.6 is 0 Å². The zero-order chi connectivity index (χ0) is 19.7. The Hall–Kier alpha value is -2.86. The van der Waals surface area contributed by atoms with Gasteiger partial charge in [0.1, 0.15) is 0 Å². The number of aromatic amines is 1. The molecule has 1 aromatic heterocycles. The number of amides is 2. The molecular formula is C22H25N3O3. The summed E-state index contributed by atoms with van der Waals surface area (Å²) in [5.41, 5.74) is 4.17. The van der Waals surface area contributed by atoms with Gasteiger partial charge in [0.25, 0.3) is 0 Å². The fourth-order valence-electron chi connectivity index (χ4n) is 3.97. The summed E-state index contributed by atoms with van der Waals surface area (Å²) < 4.78 is 5.03. The van der Waals surface area contributed by atoms with E-state index in [0.29, 0.717) is 19.7 Å². The average Bonchev–Trinajstić information content (AvgIpc) is 3.26. The molecule has 1 fully saturated rings. The highest BCUT2D eigenvalue weighted by Gasteiger charge is 2.34. The SMILES string of the molecule is CCc1cccc2c1[nH]c1cc(NC(=O)C3CC(=O)N(CCOC)C3)ccc12. The molecule has 1 aliphatic rings. The zero-order valence-electron chi connectivity index (χ0n) is 16.2. The normalized spacial score (nSPS) is 17.0. The number of benzene rings is 2. The number of nitrogens with one attached hydrogen (secondary N) is 2. The summed E-state index contributed by atoms with van der Waals surface area (Å²) in [5.74, 6) is -0.428. The molecule has 2 N–H and O–H groups in total. The van der Waals surface area contributed by atoms with Crippen LogP contribution < -0.4 is 5.32 Å². The van der Waals surface area contributed by atoms with Crippen LogP contribution in [0.1, 0.15) is 18.9 Å². The first-order valence-corrected chi connectivity index (χ1v) is 9.71. The second-order valence-corrected chi connectivity index (χ2v) is 7.30. The van der Waals surface area contributed by atoms with Gasteiger partial charge in [-0.1, -0.05) is 31.2 Å². The van der Waals surface area contributed by atoms with Crippen molar-refractivity contribution in [3.8, 4) is 0 Å². The van der Waals surface area contributed by atoms with Gasteiger partial charge in [-0.3, -0.25) is 9.59 Å². The summed E-state index contributed by atoms with van der Waals surface area (Å²) in [6.45, 7) is 3.60. The predicted octanol–water partition coefficient (Wildman–Crippen LogP) is 3.32. The molecule has 2 heterocycles. The van der Waals surface area contributed by atoms with Gasteiger partial charge in [0.15, 0.2) is 0 Å². The number of para-hydroxylation sites is 1. The van der Waals surface area contributed by atoms with Crippen molar-refractivity contribution in [1.29, 1.82) is 0 Å². The van der Waals surface area contributed by atoms with Gasteiger partial charge in [0, 0.05) is 54.1 Å². The number of aryl methyl sites for hydroxylation is 1. The lowest BCUT2D eigenvalue weighted by Crippen LogP contribution is -2.30. The number of methoxy groups -OCH3 is 1. The van der Waals surface area contributed by atoms with Gasteiger partial charge in [-0.2, -0.15) is 0 Å². The number of ether oxygens (including phenoxy) is 1. The molecule has 146 valence electrons. The highest BCUT2D eigenvalue weighted by atomic mass is 16.5. The van der Waals surface area contributed by atoms with E-state index in [-0.39, 0.29) is 24.2 Å². The quantitative estimate of drug-likeness (QED) is 0.690. The summed E-state index contributed by atoms with van der Waals surface area (Å²) in [6, 6.07) is 12.2. The molecule has 28 heavy (non-hydrogen) atoms. The Bertz CT molecular complexity index is 1040. The predicted molar refractivity (Wildman–Crippen MR) is 110 cm³/mol. The number of H-pyrrole nitrogens is 1. The number of carbonyl (C=O) groups is 2. The minimum absolute atomic E-state index is 0.00960. The van der Waals surface area contributed by atoms with Crippen LogP contribution in [0.3, 0.4) is 0 Å². The van der Waals surface area contributed by atoms with E-state index in [4.69, 9.17) is 4.74 Å². The third kappa shape index (κ3) is 3.36. The molecule has 2 amide bonds. The number of anilines is 1. The smallest absolute Gasteiger partial charge is 0.229 e. The molecular weight excluding hydrogens is 354 g/mol. The highest BCUT2D eigenvalue weighted by Crippen LogP contribution is 2.30. The summed E-state index contributed by atoms with van der Waals surface area (Å²) in [6.07, 6.45) is 1.22. The molecule has 0 radical (unpaired) electrons. The lowest BCUT2D eigenvalue weighted by Gasteiger charge is -2.15. The molecule has 0 saturated carbocycles. The maximum absolute atomic E-state index is 12.7. The summed E-state index contributed by atoms with van der Waals surface area (Å²) in [4.78, 5) is 29.9. The number of likely N-dealkylation sites (tertiary alicyclic amines) is 1. The zero-order valence-corrected chi connectivity index (χ0v) is 16.2. The van der Waals surface area contributed by atoms with Crippen LogP contribution in [-0.2, 0) is 20.7 Å². The van der Waals surface area contributed by atoms with Crippen molar-refractivity contribution in [2.45, 2.75) is 19.8 Å². The Kier molecular flexibility index (Phi) is 5.05. The second-order valence-electron chi connectivity index (χ2n) is 7.30. The van der Waals surface area contributed by atoms with Crippen molar-refractivity contribution < 1.29 is 14.3 Å². The van der Waals surface area contributed by atoms with Crippen LogP contribution in [0.2, 0.25) is 0 Å². The Balaban J connectivity index is 1.53. The van der Waals surface area contributed by atoms with Crippen LogP contribution in [0.15, 0.2) is 36.4 Å². The van der Waals surface area contributed by atoms with Gasteiger partial charge in [-0.05, 0) is 24.1 Å². The molecule has 1 unspecified atom stereocenters. The number of rotatable bonds is 6. The maximum Gasteiger partial charge on any atom is 0.229 e. The van der Waals surface area contributed by atoms with E-state index in [2.05, 4.69) is 35.4 Å². The second kappa shape index (κ2) is 7.64. The third-order valence-electron chi connectivity index (χ3n) is 5.52. The molecule has 0 aliphatic carbocycles. The molecule has 6 nitrogen and oxygen atoms in total. The molecule has 1 aliphatic heterocycles.